The number of aromatic nitrogens is 2. The van der Waals surface area contributed by atoms with Crippen molar-refractivity contribution in [1.82, 2.24) is 19.2 Å². The van der Waals surface area contributed by atoms with Gasteiger partial charge >= 0.3 is 10.2 Å². The largest absolute Gasteiger partial charge is 0.474 e. The van der Waals surface area contributed by atoms with E-state index in [9.17, 15) is 8.42 Å². The fourth-order valence-corrected chi connectivity index (χ4v) is 5.82. The first-order valence-electron chi connectivity index (χ1n) is 12.2. The summed E-state index contributed by atoms with van der Waals surface area (Å²) in [5, 5.41) is 8.16. The number of hydrogen-bond acceptors (Lipinski definition) is 8. The summed E-state index contributed by atoms with van der Waals surface area (Å²) in [7, 11) is -3.56. The van der Waals surface area contributed by atoms with Gasteiger partial charge in [0.1, 0.15) is 11.9 Å². The maximum Gasteiger partial charge on any atom is 0.301 e. The molecule has 0 bridgehead atoms. The minimum atomic E-state index is -3.56. The molecule has 2 aromatic rings. The van der Waals surface area contributed by atoms with Crippen LogP contribution in [0, 0.1) is 5.41 Å². The molecule has 0 aliphatic carbocycles. The second-order valence-electron chi connectivity index (χ2n) is 9.48. The predicted octanol–water partition coefficient (Wildman–Crippen LogP) is 4.23. The van der Waals surface area contributed by atoms with Crippen molar-refractivity contribution in [3.05, 3.63) is 29.8 Å². The molecule has 0 unspecified atom stereocenters. The van der Waals surface area contributed by atoms with Gasteiger partial charge in [-0.05, 0) is 70.7 Å². The molecule has 1 aromatic heterocycles. The summed E-state index contributed by atoms with van der Waals surface area (Å²) in [6.45, 7) is 9.00. The molecule has 0 saturated carbocycles. The number of nitrogens with one attached hydrogen (secondary N) is 2. The van der Waals surface area contributed by atoms with E-state index < -0.39 is 10.2 Å². The van der Waals surface area contributed by atoms with Gasteiger partial charge < -0.3 is 20.8 Å². The minimum Gasteiger partial charge on any atom is -0.474 e. The number of nitrogens with zero attached hydrogens (tertiary/aromatic N) is 4. The van der Waals surface area contributed by atoms with Crippen molar-refractivity contribution < 1.29 is 16.0 Å². The second-order valence-corrected chi connectivity index (χ2v) is 11.1. The highest BCUT2D eigenvalue weighted by molar-refractivity contribution is 14.0. The average Bonchev–Trinajstić information content (AvgIpc) is 3.35. The number of nitrogen functional groups attached to an aromatic ring is 1. The van der Waals surface area contributed by atoms with E-state index in [0.717, 1.165) is 38.8 Å². The van der Waals surface area contributed by atoms with Crippen LogP contribution in [0.2, 0.25) is 0 Å². The van der Waals surface area contributed by atoms with E-state index in [1.54, 1.807) is 31.2 Å². The van der Waals surface area contributed by atoms with Crippen molar-refractivity contribution in [3.63, 3.8) is 0 Å². The van der Waals surface area contributed by atoms with E-state index in [-0.39, 0.29) is 44.5 Å². The third-order valence-electron chi connectivity index (χ3n) is 6.56. The van der Waals surface area contributed by atoms with Crippen molar-refractivity contribution in [2.75, 3.05) is 36.6 Å². The van der Waals surface area contributed by atoms with Crippen molar-refractivity contribution in [1.29, 1.82) is 5.41 Å². The van der Waals surface area contributed by atoms with Crippen LogP contribution in [0.1, 0.15) is 54.9 Å². The van der Waals surface area contributed by atoms with E-state index in [2.05, 4.69) is 33.4 Å². The van der Waals surface area contributed by atoms with Crippen molar-refractivity contribution >= 4 is 51.4 Å². The Morgan fingerprint density at radius 3 is 2.31 bits per heavy atom. The molecule has 2 aliphatic heterocycles. The molecular formula is C24H40IN7O3S. The average molecular weight is 634 g/mol. The molecule has 0 amide bonds. The van der Waals surface area contributed by atoms with E-state index in [0.29, 0.717) is 47.7 Å². The zero-order chi connectivity index (χ0) is 25.2. The molecule has 4 rings (SSSR count). The number of hydrogen-bond donors (Lipinski definition) is 3. The van der Waals surface area contributed by atoms with E-state index >= 15 is 0 Å². The molecule has 36 heavy (non-hydrogen) atoms. The molecule has 10 nitrogen and oxygen atoms in total. The van der Waals surface area contributed by atoms with E-state index in [1.165, 1.54) is 4.31 Å². The van der Waals surface area contributed by atoms with Gasteiger partial charge in [0.2, 0.25) is 5.88 Å². The molecule has 2 saturated heterocycles. The summed E-state index contributed by atoms with van der Waals surface area (Å²) in [5.74, 6) is 0.883. The van der Waals surface area contributed by atoms with E-state index in [4.69, 9.17) is 15.9 Å². The van der Waals surface area contributed by atoms with Crippen LogP contribution in [0.25, 0.3) is 11.4 Å². The Kier molecular flexibility index (Phi) is 9.52. The number of piperidine rings is 1. The van der Waals surface area contributed by atoms with Gasteiger partial charge in [-0.2, -0.15) is 17.7 Å². The molecule has 0 radical (unpaired) electrons. The summed E-state index contributed by atoms with van der Waals surface area (Å²) in [6.07, 6.45) is 3.50. The number of ether oxygens (including phenoxy) is 1. The first-order chi connectivity index (χ1) is 16.6. The van der Waals surface area contributed by atoms with Crippen LogP contribution in [-0.4, -0.2) is 71.6 Å². The monoisotopic (exact) mass is 633 g/mol. The highest BCUT2D eigenvalue weighted by atomic mass is 127. The first-order valence-corrected chi connectivity index (χ1v) is 13.6. The number of likely N-dealkylation sites (tertiary alicyclic amines) is 1. The molecule has 2 fully saturated rings. The van der Waals surface area contributed by atoms with Crippen molar-refractivity contribution in [3.8, 4) is 17.3 Å². The highest BCUT2D eigenvalue weighted by Crippen LogP contribution is 2.29. The number of anilines is 2. The fraction of sp³-hybridized carbons (Fsp3) is 0.542. The maximum atomic E-state index is 12.5. The lowest BCUT2D eigenvalue weighted by Crippen LogP contribution is -2.42. The molecular weight excluding hydrogens is 593 g/mol. The molecule has 202 valence electrons. The van der Waals surface area contributed by atoms with Gasteiger partial charge in [0.25, 0.3) is 0 Å². The van der Waals surface area contributed by atoms with Crippen molar-refractivity contribution in [2.45, 2.75) is 58.6 Å². The molecule has 1 aromatic carbocycles. The van der Waals surface area contributed by atoms with Crippen molar-refractivity contribution in [2.24, 2.45) is 0 Å². The van der Waals surface area contributed by atoms with Crippen LogP contribution in [0.5, 0.6) is 5.88 Å². The normalized spacial score (nSPS) is 17.7. The summed E-state index contributed by atoms with van der Waals surface area (Å²) in [5.41, 5.74) is 8.03. The number of nitrogens with two attached hydrogens (primary N) is 1. The van der Waals surface area contributed by atoms with Gasteiger partial charge in [-0.15, -0.1) is 24.0 Å². The lowest BCUT2D eigenvalue weighted by atomic mass is 10.1. The van der Waals surface area contributed by atoms with Crippen LogP contribution in [0.15, 0.2) is 24.3 Å². The lowest BCUT2D eigenvalue weighted by molar-refractivity contribution is 0.0812. The number of benzene rings is 1. The predicted molar refractivity (Wildman–Crippen MR) is 158 cm³/mol. The second kappa shape index (κ2) is 12.0. The Morgan fingerprint density at radius 1 is 1.14 bits per heavy atom. The maximum absolute atomic E-state index is 12.5. The Balaban J connectivity index is 0.00000241. The minimum absolute atomic E-state index is 0. The van der Waals surface area contributed by atoms with Gasteiger partial charge in [-0.25, -0.2) is 4.98 Å². The van der Waals surface area contributed by atoms with E-state index in [1.807, 2.05) is 0 Å². The standard InChI is InChI=1S/C24H35N7O3S.HI.2H2/c1-16(2)30-14-10-20(11-15-30)34-24-21(17(3)25)22(26)27-23(28-24)18-6-8-19(9-7-18)29-35(32,33)31-12-4-5-13-31;;;/h6-9,16,20,25,29H,4-5,10-15H2,1-3H3,(H2,26,27,28);3*1H. The molecule has 12 heteroatoms. The van der Waals surface area contributed by atoms with Gasteiger partial charge in [0.05, 0.1) is 5.56 Å². The highest BCUT2D eigenvalue weighted by Gasteiger charge is 2.26. The summed E-state index contributed by atoms with van der Waals surface area (Å²) >= 11 is 0. The molecule has 0 spiro atoms. The third kappa shape index (κ3) is 6.64. The first kappa shape index (κ1) is 28.5. The summed E-state index contributed by atoms with van der Waals surface area (Å²) < 4.78 is 35.4. The van der Waals surface area contributed by atoms with Crippen LogP contribution in [0.4, 0.5) is 11.5 Å². The summed E-state index contributed by atoms with van der Waals surface area (Å²) in [6, 6.07) is 7.36. The zero-order valence-electron chi connectivity index (χ0n) is 21.0. The molecule has 3 heterocycles. The van der Waals surface area contributed by atoms with Gasteiger partial charge in [0, 0.05) is 52.0 Å². The summed E-state index contributed by atoms with van der Waals surface area (Å²) in [4.78, 5) is 11.5. The SMILES string of the molecule is CC(=N)c1c(N)nc(-c2ccc(NS(=O)(=O)N3CCCC3)cc2)nc1OC1CCN(C(C)C)CC1.I.[HH].[HH]. The molecule has 2 aliphatic rings. The fourth-order valence-electron chi connectivity index (χ4n) is 4.52. The molecule has 4 N–H and O–H groups in total. The number of halogens is 1. The third-order valence-corrected chi connectivity index (χ3v) is 8.10. The Labute approximate surface area is 233 Å². The van der Waals surface area contributed by atoms with Crippen LogP contribution in [0.3, 0.4) is 0 Å². The molecule has 0 atom stereocenters. The topological polar surface area (TPSA) is 138 Å². The lowest BCUT2D eigenvalue weighted by Gasteiger charge is -2.34. The van der Waals surface area contributed by atoms with Gasteiger partial charge in [0.15, 0.2) is 5.82 Å². The Hall–Kier alpha value is -2.03. The van der Waals surface area contributed by atoms with Gasteiger partial charge in [-0.1, -0.05) is 0 Å². The quantitative estimate of drug-likeness (QED) is 0.292. The number of rotatable bonds is 8. The van der Waals surface area contributed by atoms with Gasteiger partial charge in [-0.3, -0.25) is 4.72 Å². The zero-order valence-corrected chi connectivity index (χ0v) is 24.2. The van der Waals surface area contributed by atoms with Crippen LogP contribution in [-0.2, 0) is 10.2 Å². The van der Waals surface area contributed by atoms with Crippen LogP contribution < -0.4 is 15.2 Å². The van der Waals surface area contributed by atoms with Crippen LogP contribution >= 0.6 is 24.0 Å². The Morgan fingerprint density at radius 2 is 1.75 bits per heavy atom. The smallest absolute Gasteiger partial charge is 0.301 e. The Bertz CT molecular complexity index is 1170.